The lowest BCUT2D eigenvalue weighted by Gasteiger charge is -2.21. The molecular formula is C22H24INO7. The normalized spacial score (nSPS) is 15.8. The third kappa shape index (κ3) is 5.10. The number of nitrogens with one attached hydrogen (secondary N) is 1. The Morgan fingerprint density at radius 3 is 2.29 bits per heavy atom. The third-order valence-corrected chi connectivity index (χ3v) is 5.60. The number of carbonyl (C=O) groups excluding carboxylic acids is 2. The SMILES string of the molecule is COC(=O)C1(C(=O)OC)Oc2ccc(CC(C)NCC(O)c3ccc(I)cc3)cc2O1. The van der Waals surface area contributed by atoms with Gasteiger partial charge in [-0.05, 0) is 71.3 Å². The molecule has 0 aromatic heterocycles. The summed E-state index contributed by atoms with van der Waals surface area (Å²) in [5, 5.41) is 13.7. The predicted molar refractivity (Wildman–Crippen MR) is 120 cm³/mol. The maximum absolute atomic E-state index is 12.1. The monoisotopic (exact) mass is 541 g/mol. The molecule has 9 heteroatoms. The highest BCUT2D eigenvalue weighted by molar-refractivity contribution is 14.1. The van der Waals surface area contributed by atoms with Crippen molar-refractivity contribution in [3.63, 3.8) is 0 Å². The smallest absolute Gasteiger partial charge is 0.453 e. The Bertz CT molecular complexity index is 931. The van der Waals surface area contributed by atoms with E-state index in [1.54, 1.807) is 12.1 Å². The van der Waals surface area contributed by atoms with Crippen LogP contribution in [0.15, 0.2) is 42.5 Å². The van der Waals surface area contributed by atoms with Crippen molar-refractivity contribution in [1.29, 1.82) is 0 Å². The fourth-order valence-corrected chi connectivity index (χ4v) is 3.59. The topological polar surface area (TPSA) is 103 Å². The maximum Gasteiger partial charge on any atom is 0.453 e. The van der Waals surface area contributed by atoms with E-state index in [9.17, 15) is 14.7 Å². The van der Waals surface area contributed by atoms with E-state index in [0.717, 1.165) is 28.9 Å². The number of halogens is 1. The summed E-state index contributed by atoms with van der Waals surface area (Å²) in [6.45, 7) is 2.40. The zero-order valence-corrected chi connectivity index (χ0v) is 19.5. The molecular weight excluding hydrogens is 517 g/mol. The van der Waals surface area contributed by atoms with Crippen LogP contribution in [0.4, 0.5) is 0 Å². The highest BCUT2D eigenvalue weighted by Crippen LogP contribution is 2.41. The van der Waals surface area contributed by atoms with Gasteiger partial charge in [-0.1, -0.05) is 18.2 Å². The average molecular weight is 541 g/mol. The number of esters is 2. The van der Waals surface area contributed by atoms with Gasteiger partial charge in [0.25, 0.3) is 0 Å². The second-order valence-corrected chi connectivity index (χ2v) is 8.41. The first-order chi connectivity index (χ1) is 14.8. The van der Waals surface area contributed by atoms with Gasteiger partial charge in [-0.15, -0.1) is 0 Å². The van der Waals surface area contributed by atoms with Crippen LogP contribution < -0.4 is 14.8 Å². The number of hydrogen-bond donors (Lipinski definition) is 2. The fraction of sp³-hybridized carbons (Fsp3) is 0.364. The van der Waals surface area contributed by atoms with Crippen molar-refractivity contribution < 1.29 is 33.6 Å². The second-order valence-electron chi connectivity index (χ2n) is 7.17. The summed E-state index contributed by atoms with van der Waals surface area (Å²) in [6, 6.07) is 12.9. The zero-order chi connectivity index (χ0) is 22.6. The molecule has 8 nitrogen and oxygen atoms in total. The number of aliphatic hydroxyl groups excluding tert-OH is 1. The Hall–Kier alpha value is -2.37. The predicted octanol–water partition coefficient (Wildman–Crippen LogP) is 2.36. The molecule has 1 aliphatic rings. The summed E-state index contributed by atoms with van der Waals surface area (Å²) >= 11 is 2.22. The third-order valence-electron chi connectivity index (χ3n) is 4.88. The Morgan fingerprint density at radius 1 is 1.06 bits per heavy atom. The first-order valence-electron chi connectivity index (χ1n) is 9.63. The minimum absolute atomic E-state index is 0.0461. The number of rotatable bonds is 8. The van der Waals surface area contributed by atoms with E-state index in [1.807, 2.05) is 37.3 Å². The van der Waals surface area contributed by atoms with Crippen molar-refractivity contribution >= 4 is 34.5 Å². The van der Waals surface area contributed by atoms with Crippen LogP contribution in [0, 0.1) is 3.57 Å². The van der Waals surface area contributed by atoms with Crippen LogP contribution in [0.2, 0.25) is 0 Å². The standard InChI is InChI=1S/C22H24INO7/c1-13(24-12-17(25)15-5-7-16(23)8-6-15)10-14-4-9-18-19(11-14)31-22(30-18,20(26)28-2)21(27)29-3/h4-9,11,13,17,24-25H,10,12H2,1-3H3. The van der Waals surface area contributed by atoms with E-state index < -0.39 is 23.8 Å². The number of methoxy groups -OCH3 is 2. The van der Waals surface area contributed by atoms with E-state index in [0.29, 0.717) is 13.0 Å². The summed E-state index contributed by atoms with van der Waals surface area (Å²) in [7, 11) is 2.26. The Balaban J connectivity index is 1.63. The Morgan fingerprint density at radius 2 is 1.68 bits per heavy atom. The van der Waals surface area contributed by atoms with Crippen molar-refractivity contribution in [3.8, 4) is 11.5 Å². The highest BCUT2D eigenvalue weighted by Gasteiger charge is 2.59. The molecule has 0 fully saturated rings. The molecule has 0 aliphatic carbocycles. The van der Waals surface area contributed by atoms with Crippen molar-refractivity contribution in [2.24, 2.45) is 0 Å². The molecule has 3 rings (SSSR count). The van der Waals surface area contributed by atoms with E-state index in [1.165, 1.54) is 0 Å². The number of benzene rings is 2. The van der Waals surface area contributed by atoms with Crippen LogP contribution in [0.1, 0.15) is 24.2 Å². The van der Waals surface area contributed by atoms with Crippen LogP contribution in [0.5, 0.6) is 11.5 Å². The van der Waals surface area contributed by atoms with Crippen LogP contribution in [-0.4, -0.2) is 49.6 Å². The molecule has 0 spiro atoms. The minimum atomic E-state index is -2.30. The van der Waals surface area contributed by atoms with Crippen molar-refractivity contribution in [3.05, 3.63) is 57.2 Å². The van der Waals surface area contributed by atoms with Crippen molar-refractivity contribution in [2.45, 2.75) is 31.3 Å². The molecule has 2 aromatic rings. The van der Waals surface area contributed by atoms with Gasteiger partial charge in [0.05, 0.1) is 20.3 Å². The second kappa shape index (κ2) is 9.84. The first kappa shape index (κ1) is 23.3. The molecule has 166 valence electrons. The zero-order valence-electron chi connectivity index (χ0n) is 17.4. The molecule has 0 amide bonds. The van der Waals surface area contributed by atoms with Gasteiger partial charge in [0, 0.05) is 16.2 Å². The molecule has 2 aromatic carbocycles. The molecule has 1 aliphatic heterocycles. The Kier molecular flexibility index (Phi) is 7.39. The summed E-state index contributed by atoms with van der Waals surface area (Å²) < 4.78 is 21.5. The van der Waals surface area contributed by atoms with Crippen LogP contribution >= 0.6 is 22.6 Å². The lowest BCUT2D eigenvalue weighted by atomic mass is 10.1. The van der Waals surface area contributed by atoms with Gasteiger partial charge in [-0.25, -0.2) is 9.59 Å². The van der Waals surface area contributed by atoms with E-state index in [-0.39, 0.29) is 17.5 Å². The van der Waals surface area contributed by atoms with Gasteiger partial charge >= 0.3 is 17.7 Å². The number of aliphatic hydroxyl groups is 1. The van der Waals surface area contributed by atoms with Crippen LogP contribution in [-0.2, 0) is 25.5 Å². The molecule has 31 heavy (non-hydrogen) atoms. The summed E-state index contributed by atoms with van der Waals surface area (Å²) in [6.07, 6.45) is 0.0105. The molecule has 2 unspecified atom stereocenters. The van der Waals surface area contributed by atoms with Crippen LogP contribution in [0.3, 0.4) is 0 Å². The molecule has 2 N–H and O–H groups in total. The molecule has 0 saturated heterocycles. The molecule has 0 bridgehead atoms. The summed E-state index contributed by atoms with van der Waals surface area (Å²) in [4.78, 5) is 24.3. The average Bonchev–Trinajstić information content (AvgIpc) is 3.16. The minimum Gasteiger partial charge on any atom is -0.463 e. The van der Waals surface area contributed by atoms with E-state index >= 15 is 0 Å². The van der Waals surface area contributed by atoms with E-state index in [2.05, 4.69) is 37.4 Å². The lowest BCUT2D eigenvalue weighted by molar-refractivity contribution is -0.199. The fourth-order valence-electron chi connectivity index (χ4n) is 3.23. The van der Waals surface area contributed by atoms with Gasteiger partial charge in [0.1, 0.15) is 0 Å². The summed E-state index contributed by atoms with van der Waals surface area (Å²) in [5.74, 6) is -3.81. The summed E-state index contributed by atoms with van der Waals surface area (Å²) in [5.41, 5.74) is 1.75. The van der Waals surface area contributed by atoms with Gasteiger partial charge in [0.15, 0.2) is 11.5 Å². The van der Waals surface area contributed by atoms with Gasteiger partial charge < -0.3 is 29.4 Å². The number of ether oxygens (including phenoxy) is 4. The number of carbonyl (C=O) groups is 2. The van der Waals surface area contributed by atoms with Gasteiger partial charge in [-0.3, -0.25) is 0 Å². The van der Waals surface area contributed by atoms with Crippen LogP contribution in [0.25, 0.3) is 0 Å². The quantitative estimate of drug-likeness (QED) is 0.299. The molecule has 2 atom stereocenters. The van der Waals surface area contributed by atoms with Gasteiger partial charge in [-0.2, -0.15) is 0 Å². The van der Waals surface area contributed by atoms with Crippen molar-refractivity contribution in [1.82, 2.24) is 5.32 Å². The van der Waals surface area contributed by atoms with Gasteiger partial charge in [0.2, 0.25) is 0 Å². The molecule has 1 heterocycles. The Labute approximate surface area is 194 Å². The lowest BCUT2D eigenvalue weighted by Crippen LogP contribution is -2.55. The molecule has 0 radical (unpaired) electrons. The number of fused-ring (bicyclic) bond motifs is 1. The van der Waals surface area contributed by atoms with E-state index in [4.69, 9.17) is 9.47 Å². The first-order valence-corrected chi connectivity index (χ1v) is 10.7. The largest absolute Gasteiger partial charge is 0.463 e. The maximum atomic E-state index is 12.1. The van der Waals surface area contributed by atoms with Crippen molar-refractivity contribution in [2.75, 3.05) is 20.8 Å². The highest BCUT2D eigenvalue weighted by atomic mass is 127. The number of hydrogen-bond acceptors (Lipinski definition) is 8. The molecule has 0 saturated carbocycles.